The molecule has 0 bridgehead atoms. The Hall–Kier alpha value is -1.36. The Morgan fingerprint density at radius 1 is 1.25 bits per heavy atom. The lowest BCUT2D eigenvalue weighted by atomic mass is 10.1. The topological polar surface area (TPSA) is 83.6 Å². The van der Waals surface area contributed by atoms with Crippen LogP contribution in [0.25, 0.3) is 0 Å². The van der Waals surface area contributed by atoms with Gasteiger partial charge in [-0.25, -0.2) is 0 Å². The number of nitrogens with two attached hydrogens (primary N) is 1. The summed E-state index contributed by atoms with van der Waals surface area (Å²) in [5, 5.41) is 9.40. The van der Waals surface area contributed by atoms with Crippen molar-refractivity contribution >= 4 is 11.8 Å². The van der Waals surface area contributed by atoms with Gasteiger partial charge in [-0.05, 0) is 19.8 Å². The molecule has 3 N–H and O–H groups in total. The summed E-state index contributed by atoms with van der Waals surface area (Å²) in [4.78, 5) is 24.1. The molecule has 1 unspecified atom stereocenters. The molecule has 0 fully saturated rings. The summed E-state index contributed by atoms with van der Waals surface area (Å²) in [5.41, 5.74) is 5.03. The van der Waals surface area contributed by atoms with Gasteiger partial charge in [-0.3, -0.25) is 9.59 Å². The van der Waals surface area contributed by atoms with Gasteiger partial charge >= 0.3 is 0 Å². The maximum absolute atomic E-state index is 11.9. The van der Waals surface area contributed by atoms with Gasteiger partial charge in [0.05, 0.1) is 12.6 Å². The van der Waals surface area contributed by atoms with Crippen molar-refractivity contribution in [3.8, 4) is 0 Å². The predicted octanol–water partition coefficient (Wildman–Crippen LogP) is 1.95. The molecule has 5 heteroatoms. The molecule has 0 spiro atoms. The summed E-state index contributed by atoms with van der Waals surface area (Å²) in [6.07, 6.45) is 8.81. The van der Waals surface area contributed by atoms with Crippen LogP contribution in [0.1, 0.15) is 58.8 Å². The number of amides is 2. The van der Waals surface area contributed by atoms with E-state index in [1.807, 2.05) is 6.08 Å². The smallest absolute Gasteiger partial charge is 0.227 e. The Morgan fingerprint density at radius 3 is 2.50 bits per heavy atom. The van der Waals surface area contributed by atoms with Crippen LogP contribution in [0.15, 0.2) is 12.3 Å². The van der Waals surface area contributed by atoms with Crippen molar-refractivity contribution in [3.05, 3.63) is 12.3 Å². The monoisotopic (exact) mass is 284 g/mol. The molecule has 0 aromatic rings. The number of allylic oxidation sites excluding steroid dienone is 1. The molecule has 2 amide bonds. The molecule has 116 valence electrons. The second-order valence-electron chi connectivity index (χ2n) is 5.10. The number of carbonyl (C=O) groups is 2. The molecule has 1 atom stereocenters. The molecule has 0 heterocycles. The molecule has 0 radical (unpaired) electrons. The van der Waals surface area contributed by atoms with E-state index in [0.717, 1.165) is 12.8 Å². The van der Waals surface area contributed by atoms with Gasteiger partial charge in [-0.15, -0.1) is 0 Å². The van der Waals surface area contributed by atoms with Crippen molar-refractivity contribution in [1.82, 2.24) is 4.90 Å². The van der Waals surface area contributed by atoms with Crippen LogP contribution in [0.2, 0.25) is 0 Å². The van der Waals surface area contributed by atoms with Crippen LogP contribution in [0.3, 0.4) is 0 Å². The quantitative estimate of drug-likeness (QED) is 0.569. The minimum Gasteiger partial charge on any atom is -0.392 e. The van der Waals surface area contributed by atoms with Crippen LogP contribution in [0.5, 0.6) is 0 Å². The molecule has 0 aliphatic heterocycles. The van der Waals surface area contributed by atoms with Crippen LogP contribution in [0, 0.1) is 0 Å². The lowest BCUT2D eigenvalue weighted by molar-refractivity contribution is -0.131. The zero-order chi connectivity index (χ0) is 15.4. The number of aliphatic hydroxyl groups excluding tert-OH is 1. The Kier molecular flexibility index (Phi) is 10.7. The summed E-state index contributed by atoms with van der Waals surface area (Å²) in [5.74, 6) is -0.673. The lowest BCUT2D eigenvalue weighted by Crippen LogP contribution is -2.32. The maximum Gasteiger partial charge on any atom is 0.227 e. The van der Waals surface area contributed by atoms with E-state index in [-0.39, 0.29) is 25.3 Å². The minimum atomic E-state index is -0.600. The largest absolute Gasteiger partial charge is 0.392 e. The SMILES string of the molecule is CCCCCCC=CN(CC(C)O)C(=O)CCC(N)=O. The van der Waals surface area contributed by atoms with Crippen LogP contribution in [0.4, 0.5) is 0 Å². The Balaban J connectivity index is 4.22. The first kappa shape index (κ1) is 18.6. The normalized spacial score (nSPS) is 12.6. The summed E-state index contributed by atoms with van der Waals surface area (Å²) in [7, 11) is 0. The first-order valence-electron chi connectivity index (χ1n) is 7.39. The van der Waals surface area contributed by atoms with E-state index in [1.165, 1.54) is 24.2 Å². The average molecular weight is 284 g/mol. The zero-order valence-electron chi connectivity index (χ0n) is 12.7. The van der Waals surface area contributed by atoms with Gasteiger partial charge < -0.3 is 15.7 Å². The molecule has 0 aliphatic carbocycles. The molecule has 0 saturated carbocycles. The van der Waals surface area contributed by atoms with Crippen molar-refractivity contribution < 1.29 is 14.7 Å². The van der Waals surface area contributed by atoms with Gasteiger partial charge in [-0.2, -0.15) is 0 Å². The van der Waals surface area contributed by atoms with E-state index < -0.39 is 12.0 Å². The molecule has 0 rings (SSSR count). The number of hydrogen-bond donors (Lipinski definition) is 2. The van der Waals surface area contributed by atoms with Crippen molar-refractivity contribution in [3.63, 3.8) is 0 Å². The van der Waals surface area contributed by atoms with Gasteiger partial charge in [0.15, 0.2) is 0 Å². The van der Waals surface area contributed by atoms with Crippen molar-refractivity contribution in [2.75, 3.05) is 6.54 Å². The number of rotatable bonds is 11. The van der Waals surface area contributed by atoms with Crippen molar-refractivity contribution in [2.45, 2.75) is 64.9 Å². The second-order valence-corrected chi connectivity index (χ2v) is 5.10. The number of primary amides is 1. The highest BCUT2D eigenvalue weighted by atomic mass is 16.3. The van der Waals surface area contributed by atoms with Crippen LogP contribution >= 0.6 is 0 Å². The summed E-state index contributed by atoms with van der Waals surface area (Å²) < 4.78 is 0. The van der Waals surface area contributed by atoms with E-state index in [9.17, 15) is 14.7 Å². The summed E-state index contributed by atoms with van der Waals surface area (Å²) >= 11 is 0. The standard InChI is InChI=1S/C15H28N2O3/c1-3-4-5-6-7-8-11-17(12-13(2)18)15(20)10-9-14(16)19/h8,11,13,18H,3-7,9-10,12H2,1-2H3,(H2,16,19). The minimum absolute atomic E-state index is 0.0412. The van der Waals surface area contributed by atoms with E-state index in [0.29, 0.717) is 0 Å². The fourth-order valence-electron chi connectivity index (χ4n) is 1.79. The average Bonchev–Trinajstić information content (AvgIpc) is 2.38. The Bertz CT molecular complexity index is 314. The number of unbranched alkanes of at least 4 members (excludes halogenated alkanes) is 4. The third-order valence-electron chi connectivity index (χ3n) is 2.88. The molecule has 0 aromatic heterocycles. The second kappa shape index (κ2) is 11.5. The van der Waals surface area contributed by atoms with E-state index in [2.05, 4.69) is 6.92 Å². The highest BCUT2D eigenvalue weighted by Gasteiger charge is 2.13. The predicted molar refractivity (Wildman–Crippen MR) is 79.7 cm³/mol. The van der Waals surface area contributed by atoms with Crippen LogP contribution in [-0.2, 0) is 9.59 Å². The van der Waals surface area contributed by atoms with Crippen LogP contribution in [-0.4, -0.2) is 34.5 Å². The van der Waals surface area contributed by atoms with E-state index >= 15 is 0 Å². The number of hydrogen-bond acceptors (Lipinski definition) is 3. The summed E-state index contributed by atoms with van der Waals surface area (Å²) in [6, 6.07) is 0. The Labute approximate surface area is 121 Å². The fraction of sp³-hybridized carbons (Fsp3) is 0.733. The maximum atomic E-state index is 11.9. The molecular formula is C15H28N2O3. The molecule has 20 heavy (non-hydrogen) atoms. The van der Waals surface area contributed by atoms with E-state index in [4.69, 9.17) is 5.73 Å². The van der Waals surface area contributed by atoms with Gasteiger partial charge in [0.25, 0.3) is 0 Å². The highest BCUT2D eigenvalue weighted by molar-refractivity contribution is 5.83. The first-order chi connectivity index (χ1) is 9.47. The highest BCUT2D eigenvalue weighted by Crippen LogP contribution is 2.05. The first-order valence-corrected chi connectivity index (χ1v) is 7.39. The van der Waals surface area contributed by atoms with Crippen molar-refractivity contribution in [2.24, 2.45) is 5.73 Å². The van der Waals surface area contributed by atoms with Gasteiger partial charge in [-0.1, -0.05) is 32.3 Å². The lowest BCUT2D eigenvalue weighted by Gasteiger charge is -2.19. The molecular weight excluding hydrogens is 256 g/mol. The molecule has 5 nitrogen and oxygen atoms in total. The van der Waals surface area contributed by atoms with Gasteiger partial charge in [0, 0.05) is 19.0 Å². The van der Waals surface area contributed by atoms with E-state index in [1.54, 1.807) is 13.1 Å². The van der Waals surface area contributed by atoms with Gasteiger partial charge in [0.2, 0.25) is 11.8 Å². The number of aliphatic hydroxyl groups is 1. The van der Waals surface area contributed by atoms with Gasteiger partial charge in [0.1, 0.15) is 0 Å². The number of nitrogens with zero attached hydrogens (tertiary/aromatic N) is 1. The molecule has 0 aromatic carbocycles. The van der Waals surface area contributed by atoms with Crippen LogP contribution < -0.4 is 5.73 Å². The third kappa shape index (κ3) is 10.6. The Morgan fingerprint density at radius 2 is 1.95 bits per heavy atom. The summed E-state index contributed by atoms with van der Waals surface area (Å²) in [6.45, 7) is 4.03. The molecule has 0 saturated heterocycles. The fourth-order valence-corrected chi connectivity index (χ4v) is 1.79. The van der Waals surface area contributed by atoms with Crippen molar-refractivity contribution in [1.29, 1.82) is 0 Å². The molecule has 0 aliphatic rings. The zero-order valence-corrected chi connectivity index (χ0v) is 12.7. The number of carbonyl (C=O) groups excluding carboxylic acids is 2. The third-order valence-corrected chi connectivity index (χ3v) is 2.88.